The van der Waals surface area contributed by atoms with E-state index in [9.17, 15) is 48.0 Å². The minimum atomic E-state index is -6.60. The third-order valence-corrected chi connectivity index (χ3v) is 13.9. The molecule has 0 aliphatic carbocycles. The number of hydrogen-bond donors (Lipinski definition) is 1. The van der Waals surface area contributed by atoms with Crippen molar-refractivity contribution in [1.82, 2.24) is 4.13 Å². The van der Waals surface area contributed by atoms with E-state index in [1.165, 1.54) is 95.5 Å². The Morgan fingerprint density at radius 2 is 0.951 bits per heavy atom. The molecule has 0 heterocycles. The predicted octanol–water partition coefficient (Wildman–Crippen LogP) is 7.97. The Morgan fingerprint density at radius 1 is 0.610 bits per heavy atom. The SMILES string of the molecule is CCCCCC[P+](CCCCCC)(CCCCCC)CC(=O)OCCC.O=S(=O)(NS(=O)(=O)C(F)(F)F)C(F)(F)F. The summed E-state index contributed by atoms with van der Waals surface area (Å²) in [5.74, 6) is 0.0988. The minimum absolute atomic E-state index is 0.0988. The summed E-state index contributed by atoms with van der Waals surface area (Å²) in [6, 6.07) is 0. The fourth-order valence-corrected chi connectivity index (χ4v) is 10.3. The number of halogens is 6. The Balaban J connectivity index is 0. The second kappa shape index (κ2) is 21.1. The van der Waals surface area contributed by atoms with Gasteiger partial charge < -0.3 is 4.74 Å². The van der Waals surface area contributed by atoms with E-state index in [2.05, 4.69) is 27.7 Å². The van der Waals surface area contributed by atoms with Crippen molar-refractivity contribution in [3.63, 3.8) is 0 Å². The standard InChI is InChI=1S/C23H48O2P.C2HF6NO4S2/c1-5-9-12-15-19-26(20-16-13-10-6-2,21-17-14-11-7-3)22-23(24)25-18-8-4;3-1(4,5)14(10,11)9-15(12,13)2(6,7)8/h5-22H2,1-4H3;9H/q+1;. The largest absolute Gasteiger partial charge is 0.512 e. The molecular weight excluding hydrogens is 619 g/mol. The van der Waals surface area contributed by atoms with Crippen molar-refractivity contribution in [2.24, 2.45) is 0 Å². The van der Waals surface area contributed by atoms with Crippen LogP contribution in [0.1, 0.15) is 111 Å². The summed E-state index contributed by atoms with van der Waals surface area (Å²) in [7, 11) is -14.4. The van der Waals surface area contributed by atoms with Crippen LogP contribution in [0.5, 0.6) is 0 Å². The smallest absolute Gasteiger partial charge is 0.463 e. The van der Waals surface area contributed by atoms with Gasteiger partial charge in [0.05, 0.1) is 25.1 Å². The Bertz CT molecular complexity index is 839. The van der Waals surface area contributed by atoms with Crippen LogP contribution in [-0.4, -0.2) is 65.1 Å². The molecule has 1 N–H and O–H groups in total. The number of sulfonamides is 2. The molecule has 16 heteroatoms. The van der Waals surface area contributed by atoms with Crippen molar-refractivity contribution >= 4 is 33.3 Å². The van der Waals surface area contributed by atoms with Gasteiger partial charge in [-0.2, -0.15) is 26.3 Å². The Labute approximate surface area is 243 Å². The molecule has 41 heavy (non-hydrogen) atoms. The molecule has 0 aliphatic heterocycles. The van der Waals surface area contributed by atoms with Gasteiger partial charge >= 0.3 is 37.0 Å². The Hall–Kier alpha value is -0.660. The first kappa shape index (κ1) is 42.5. The Morgan fingerprint density at radius 3 is 1.22 bits per heavy atom. The second-order valence-electron chi connectivity index (χ2n) is 10.1. The van der Waals surface area contributed by atoms with Gasteiger partial charge in [-0.1, -0.05) is 70.3 Å². The summed E-state index contributed by atoms with van der Waals surface area (Å²) in [5.41, 5.74) is -12.3. The molecule has 0 atom stereocenters. The van der Waals surface area contributed by atoms with Crippen LogP contribution in [0.2, 0.25) is 0 Å². The number of unbranched alkanes of at least 4 members (excludes halogenated alkanes) is 9. The molecule has 0 aromatic rings. The second-order valence-corrected chi connectivity index (χ2v) is 18.0. The highest BCUT2D eigenvalue weighted by atomic mass is 32.3. The summed E-state index contributed by atoms with van der Waals surface area (Å²) < 4.78 is 114. The van der Waals surface area contributed by atoms with Crippen LogP contribution in [-0.2, 0) is 29.6 Å². The van der Waals surface area contributed by atoms with E-state index in [0.717, 1.165) is 12.6 Å². The average molecular weight is 669 g/mol. The molecule has 0 spiro atoms. The Kier molecular flexibility index (Phi) is 21.9. The van der Waals surface area contributed by atoms with Crippen LogP contribution in [0.25, 0.3) is 0 Å². The number of nitrogens with one attached hydrogen (secondary N) is 1. The van der Waals surface area contributed by atoms with Crippen LogP contribution in [0.3, 0.4) is 0 Å². The van der Waals surface area contributed by atoms with E-state index >= 15 is 0 Å². The zero-order valence-corrected chi connectivity index (χ0v) is 27.2. The molecule has 0 fully saturated rings. The van der Waals surface area contributed by atoms with Gasteiger partial charge in [0.2, 0.25) is 0 Å². The van der Waals surface area contributed by atoms with Crippen molar-refractivity contribution in [2.75, 3.05) is 31.3 Å². The van der Waals surface area contributed by atoms with E-state index in [-0.39, 0.29) is 5.97 Å². The summed E-state index contributed by atoms with van der Waals surface area (Å²) in [5, 5.41) is 0. The third-order valence-electron chi connectivity index (χ3n) is 6.22. The molecule has 0 amide bonds. The molecule has 7 nitrogen and oxygen atoms in total. The quantitative estimate of drug-likeness (QED) is 0.0576. The number of carbonyl (C=O) groups is 1. The van der Waals surface area contributed by atoms with E-state index in [0.29, 0.717) is 6.61 Å². The zero-order chi connectivity index (χ0) is 32.2. The van der Waals surface area contributed by atoms with Gasteiger partial charge in [-0.05, 0) is 44.9 Å². The van der Waals surface area contributed by atoms with Gasteiger partial charge in [0.15, 0.2) is 6.16 Å². The van der Waals surface area contributed by atoms with E-state index in [1.54, 1.807) is 0 Å². The molecular formula is C25H49F6NO6PS2+. The van der Waals surface area contributed by atoms with Gasteiger partial charge in [0, 0.05) is 7.26 Å². The lowest BCUT2D eigenvalue weighted by atomic mass is 10.2. The lowest BCUT2D eigenvalue weighted by Gasteiger charge is -2.27. The predicted molar refractivity (Wildman–Crippen MR) is 153 cm³/mol. The number of alkyl halides is 6. The van der Waals surface area contributed by atoms with Crippen molar-refractivity contribution < 1.29 is 52.7 Å². The van der Waals surface area contributed by atoms with Gasteiger partial charge in [0.1, 0.15) is 0 Å². The molecule has 0 aliphatic rings. The summed E-state index contributed by atoms with van der Waals surface area (Å²) in [6.45, 7) is 9.51. The lowest BCUT2D eigenvalue weighted by molar-refractivity contribution is -0.140. The molecule has 0 rings (SSSR count). The third kappa shape index (κ3) is 19.3. The fourth-order valence-electron chi connectivity index (χ4n) is 3.97. The van der Waals surface area contributed by atoms with Gasteiger partial charge in [-0.3, -0.25) is 0 Å². The maximum Gasteiger partial charge on any atom is 0.512 e. The molecule has 0 saturated heterocycles. The number of hydrogen-bond acceptors (Lipinski definition) is 6. The number of rotatable bonds is 21. The zero-order valence-electron chi connectivity index (χ0n) is 24.7. The molecule has 0 bridgehead atoms. The van der Waals surface area contributed by atoms with E-state index in [1.807, 2.05) is 0 Å². The number of esters is 1. The van der Waals surface area contributed by atoms with Crippen molar-refractivity contribution in [2.45, 2.75) is 122 Å². The first-order chi connectivity index (χ1) is 18.8. The normalized spacial score (nSPS) is 13.0. The molecule has 0 saturated carbocycles. The van der Waals surface area contributed by atoms with Crippen LogP contribution in [0.15, 0.2) is 0 Å². The van der Waals surface area contributed by atoms with Gasteiger partial charge in [-0.15, -0.1) is 0 Å². The number of ether oxygens (including phenoxy) is 1. The van der Waals surface area contributed by atoms with Crippen LogP contribution in [0.4, 0.5) is 26.3 Å². The average Bonchev–Trinajstić information content (AvgIpc) is 2.84. The molecule has 0 aromatic carbocycles. The van der Waals surface area contributed by atoms with Gasteiger partial charge in [-0.25, -0.2) is 21.6 Å². The monoisotopic (exact) mass is 668 g/mol. The summed E-state index contributed by atoms with van der Waals surface area (Å²) in [6.07, 6.45) is 21.5. The van der Waals surface area contributed by atoms with Gasteiger partial charge in [0.25, 0.3) is 0 Å². The van der Waals surface area contributed by atoms with E-state index in [4.69, 9.17) is 4.74 Å². The lowest BCUT2D eigenvalue weighted by Crippen LogP contribution is -2.45. The summed E-state index contributed by atoms with van der Waals surface area (Å²) in [4.78, 5) is 12.5. The summed E-state index contributed by atoms with van der Waals surface area (Å²) >= 11 is 0. The van der Waals surface area contributed by atoms with E-state index < -0.39 is 42.5 Å². The molecule has 248 valence electrons. The molecule has 0 radical (unpaired) electrons. The highest BCUT2D eigenvalue weighted by Crippen LogP contribution is 2.61. The highest BCUT2D eigenvalue weighted by molar-refractivity contribution is 8.05. The van der Waals surface area contributed by atoms with Crippen molar-refractivity contribution in [3.8, 4) is 0 Å². The van der Waals surface area contributed by atoms with Crippen LogP contribution >= 0.6 is 7.26 Å². The maximum absolute atomic E-state index is 12.5. The molecule has 0 unspecified atom stereocenters. The van der Waals surface area contributed by atoms with Crippen molar-refractivity contribution in [1.29, 1.82) is 0 Å². The highest BCUT2D eigenvalue weighted by Gasteiger charge is 2.55. The van der Waals surface area contributed by atoms with Crippen LogP contribution in [0, 0.1) is 0 Å². The van der Waals surface area contributed by atoms with Crippen LogP contribution < -0.4 is 4.13 Å². The minimum Gasteiger partial charge on any atom is -0.463 e. The van der Waals surface area contributed by atoms with Crippen molar-refractivity contribution in [3.05, 3.63) is 0 Å². The fraction of sp³-hybridized carbons (Fsp3) is 0.960. The topological polar surface area (TPSA) is 107 Å². The first-order valence-electron chi connectivity index (χ1n) is 14.3. The molecule has 0 aromatic heterocycles. The first-order valence-corrected chi connectivity index (χ1v) is 19.8. The number of carbonyl (C=O) groups excluding carboxylic acids is 1. The maximum atomic E-state index is 12.5.